The molecular weight excluding hydrogens is 240 g/mol. The van der Waals surface area contributed by atoms with E-state index in [1.807, 2.05) is 6.92 Å². The molecule has 0 aliphatic rings. The van der Waals surface area contributed by atoms with Crippen LogP contribution in [0.5, 0.6) is 0 Å². The molecule has 0 heterocycles. The fraction of sp³-hybridized carbons (Fsp3) is 1.00. The third kappa shape index (κ3) is 7.82. The van der Waals surface area contributed by atoms with E-state index in [-0.39, 0.29) is 5.25 Å². The van der Waals surface area contributed by atoms with Crippen LogP contribution in [-0.2, 0) is 20.4 Å². The van der Waals surface area contributed by atoms with Crippen LogP contribution >= 0.6 is 0 Å². The Balaban J connectivity index is 3.66. The van der Waals surface area contributed by atoms with Crippen LogP contribution < -0.4 is 0 Å². The lowest BCUT2D eigenvalue weighted by Crippen LogP contribution is -2.28. The molecule has 0 fully saturated rings. The van der Waals surface area contributed by atoms with Gasteiger partial charge in [-0.25, -0.2) is 0 Å². The maximum Gasteiger partial charge on any atom is 0.173 e. The third-order valence-corrected chi connectivity index (χ3v) is 7.11. The summed E-state index contributed by atoms with van der Waals surface area (Å²) in [6.07, 6.45) is 7.57. The Labute approximate surface area is 106 Å². The van der Waals surface area contributed by atoms with E-state index in [1.54, 1.807) is 0 Å². The molecular formula is C12H26O2S2. The summed E-state index contributed by atoms with van der Waals surface area (Å²) in [6, 6.07) is 0. The molecule has 0 amide bonds. The van der Waals surface area contributed by atoms with E-state index in [4.69, 9.17) is 0 Å². The maximum absolute atomic E-state index is 11.8. The van der Waals surface area contributed by atoms with Gasteiger partial charge in [0, 0.05) is 0 Å². The SMILES string of the molecule is CCCCCC[S+]([O-])[S+]([O-])C(C)CCCC. The van der Waals surface area contributed by atoms with Crippen molar-refractivity contribution in [3.05, 3.63) is 0 Å². The van der Waals surface area contributed by atoms with Crippen molar-refractivity contribution in [3.63, 3.8) is 0 Å². The van der Waals surface area contributed by atoms with Crippen LogP contribution in [-0.4, -0.2) is 20.1 Å². The van der Waals surface area contributed by atoms with Gasteiger partial charge >= 0.3 is 0 Å². The third-order valence-electron chi connectivity index (χ3n) is 2.64. The highest BCUT2D eigenvalue weighted by molar-refractivity contribution is 8.67. The van der Waals surface area contributed by atoms with E-state index in [0.717, 1.165) is 32.1 Å². The summed E-state index contributed by atoms with van der Waals surface area (Å²) in [5, 5.41) is 0.0898. The molecule has 0 radical (unpaired) electrons. The molecule has 0 aromatic carbocycles. The lowest BCUT2D eigenvalue weighted by Gasteiger charge is -2.17. The van der Waals surface area contributed by atoms with Gasteiger partial charge in [0.1, 0.15) is 0 Å². The molecule has 0 aromatic heterocycles. The quantitative estimate of drug-likeness (QED) is 0.345. The normalized spacial score (nSPS) is 17.1. The van der Waals surface area contributed by atoms with E-state index >= 15 is 0 Å². The van der Waals surface area contributed by atoms with Crippen LogP contribution in [0, 0.1) is 0 Å². The zero-order valence-electron chi connectivity index (χ0n) is 10.9. The molecule has 0 spiro atoms. The summed E-state index contributed by atoms with van der Waals surface area (Å²) in [7, 11) is -2.27. The Morgan fingerprint density at radius 1 is 0.938 bits per heavy atom. The molecule has 0 bridgehead atoms. The van der Waals surface area contributed by atoms with Crippen molar-refractivity contribution in [3.8, 4) is 0 Å². The molecule has 0 aliphatic heterocycles. The van der Waals surface area contributed by atoms with Gasteiger partial charge in [-0.3, -0.25) is 0 Å². The monoisotopic (exact) mass is 266 g/mol. The second-order valence-corrected chi connectivity index (χ2v) is 8.72. The molecule has 16 heavy (non-hydrogen) atoms. The molecule has 0 aliphatic carbocycles. The first kappa shape index (κ1) is 16.6. The highest BCUT2D eigenvalue weighted by Crippen LogP contribution is 2.18. The van der Waals surface area contributed by atoms with Crippen LogP contribution in [0.1, 0.15) is 65.7 Å². The smallest absolute Gasteiger partial charge is 0.173 e. The Morgan fingerprint density at radius 2 is 1.56 bits per heavy atom. The maximum atomic E-state index is 11.8. The minimum absolute atomic E-state index is 0.0898. The van der Waals surface area contributed by atoms with Gasteiger partial charge in [0.25, 0.3) is 0 Å². The predicted octanol–water partition coefficient (Wildman–Crippen LogP) is 3.56. The molecule has 2 nitrogen and oxygen atoms in total. The van der Waals surface area contributed by atoms with Crippen LogP contribution in [0.25, 0.3) is 0 Å². The summed E-state index contributed by atoms with van der Waals surface area (Å²) in [6.45, 7) is 6.23. The highest BCUT2D eigenvalue weighted by atomic mass is 33.2. The summed E-state index contributed by atoms with van der Waals surface area (Å²) in [5.41, 5.74) is 0. The first-order valence-corrected chi connectivity index (χ1v) is 9.47. The predicted molar refractivity (Wildman–Crippen MR) is 74.3 cm³/mol. The van der Waals surface area contributed by atoms with Gasteiger partial charge in [0.05, 0.1) is 0 Å². The molecule has 0 aromatic rings. The van der Waals surface area contributed by atoms with Gasteiger partial charge < -0.3 is 9.11 Å². The van der Waals surface area contributed by atoms with Crippen LogP contribution in [0.2, 0.25) is 0 Å². The Bertz CT molecular complexity index is 156. The molecule has 0 N–H and O–H groups in total. The molecule has 98 valence electrons. The summed E-state index contributed by atoms with van der Waals surface area (Å²) < 4.78 is 23.5. The topological polar surface area (TPSA) is 46.1 Å². The zero-order chi connectivity index (χ0) is 12.4. The number of rotatable bonds is 10. The first-order valence-electron chi connectivity index (χ1n) is 6.42. The van der Waals surface area contributed by atoms with Gasteiger partial charge in [0.2, 0.25) is 0 Å². The minimum atomic E-state index is -1.14. The first-order chi connectivity index (χ1) is 7.63. The Kier molecular flexibility index (Phi) is 11.2. The average Bonchev–Trinajstić information content (AvgIpc) is 2.30. The van der Waals surface area contributed by atoms with Crippen molar-refractivity contribution < 1.29 is 9.11 Å². The van der Waals surface area contributed by atoms with Crippen LogP contribution in [0.15, 0.2) is 0 Å². The van der Waals surface area contributed by atoms with Crippen molar-refractivity contribution in [1.29, 1.82) is 0 Å². The van der Waals surface area contributed by atoms with Crippen molar-refractivity contribution in [1.82, 2.24) is 0 Å². The summed E-state index contributed by atoms with van der Waals surface area (Å²) >= 11 is 0. The van der Waals surface area contributed by atoms with Crippen molar-refractivity contribution in [2.45, 2.75) is 71.0 Å². The van der Waals surface area contributed by atoms with Crippen molar-refractivity contribution in [2.24, 2.45) is 0 Å². The van der Waals surface area contributed by atoms with Crippen LogP contribution in [0.4, 0.5) is 0 Å². The van der Waals surface area contributed by atoms with E-state index in [0.29, 0.717) is 5.75 Å². The Morgan fingerprint density at radius 3 is 2.12 bits per heavy atom. The zero-order valence-corrected chi connectivity index (χ0v) is 12.5. The molecule has 4 heteroatoms. The fourth-order valence-corrected chi connectivity index (χ4v) is 5.06. The fourth-order valence-electron chi connectivity index (χ4n) is 1.50. The van der Waals surface area contributed by atoms with Gasteiger partial charge in [-0.05, 0) is 32.6 Å². The molecule has 0 saturated carbocycles. The Hall–Kier alpha value is 0.620. The second-order valence-electron chi connectivity index (χ2n) is 4.28. The second kappa shape index (κ2) is 10.8. The number of hydrogen-bond acceptors (Lipinski definition) is 2. The molecule has 0 saturated heterocycles. The summed E-state index contributed by atoms with van der Waals surface area (Å²) in [5.74, 6) is 0.614. The molecule has 0 rings (SSSR count). The lowest BCUT2D eigenvalue weighted by atomic mass is 10.2. The van der Waals surface area contributed by atoms with E-state index in [9.17, 15) is 9.11 Å². The average molecular weight is 266 g/mol. The van der Waals surface area contributed by atoms with Gasteiger partial charge in [-0.2, -0.15) is 0 Å². The standard InChI is InChI=1S/C12H26O2S2/c1-4-6-8-9-11-15(13)16(14)12(3)10-7-5-2/h12H,4-11H2,1-3H3. The van der Waals surface area contributed by atoms with E-state index in [1.165, 1.54) is 12.8 Å². The van der Waals surface area contributed by atoms with E-state index < -0.39 is 20.4 Å². The summed E-state index contributed by atoms with van der Waals surface area (Å²) in [4.78, 5) is 0. The number of hydrogen-bond donors (Lipinski definition) is 0. The van der Waals surface area contributed by atoms with Gasteiger partial charge in [0.15, 0.2) is 31.4 Å². The molecule has 3 unspecified atom stereocenters. The largest absolute Gasteiger partial charge is 0.571 e. The highest BCUT2D eigenvalue weighted by Gasteiger charge is 2.30. The van der Waals surface area contributed by atoms with Crippen LogP contribution in [0.3, 0.4) is 0 Å². The van der Waals surface area contributed by atoms with Gasteiger partial charge in [-0.1, -0.05) is 33.1 Å². The van der Waals surface area contributed by atoms with Crippen molar-refractivity contribution in [2.75, 3.05) is 5.75 Å². The van der Waals surface area contributed by atoms with Crippen molar-refractivity contribution >= 4 is 20.4 Å². The lowest BCUT2D eigenvalue weighted by molar-refractivity contribution is 0.565. The van der Waals surface area contributed by atoms with E-state index in [2.05, 4.69) is 13.8 Å². The minimum Gasteiger partial charge on any atom is -0.571 e. The number of unbranched alkanes of at least 4 members (excludes halogenated alkanes) is 4. The van der Waals surface area contributed by atoms with Gasteiger partial charge in [-0.15, -0.1) is 0 Å². The molecule has 3 atom stereocenters.